The van der Waals surface area contributed by atoms with Crippen molar-refractivity contribution in [3.05, 3.63) is 12.2 Å². The third kappa shape index (κ3) is 19.2. The van der Waals surface area contributed by atoms with E-state index >= 15 is 0 Å². The van der Waals surface area contributed by atoms with Crippen molar-refractivity contribution in [2.75, 3.05) is 79.7 Å². The molecule has 0 aliphatic carbocycles. The van der Waals surface area contributed by atoms with E-state index in [-0.39, 0.29) is 83.2 Å². The zero-order chi connectivity index (χ0) is 28.9. The van der Waals surface area contributed by atoms with Gasteiger partial charge in [-0.1, -0.05) is 7.43 Å². The Bertz CT molecular complexity index is 822. The lowest BCUT2D eigenvalue weighted by Crippen LogP contribution is -2.42. The molecule has 0 saturated carbocycles. The Balaban J connectivity index is -0.000000296. The van der Waals surface area contributed by atoms with Gasteiger partial charge in [0.05, 0.1) is 31.7 Å². The molecule has 3 unspecified atom stereocenters. The fourth-order valence-electron chi connectivity index (χ4n) is 2.64. The van der Waals surface area contributed by atoms with E-state index in [9.17, 15) is 28.8 Å². The van der Waals surface area contributed by atoms with E-state index in [1.165, 1.54) is 26.0 Å². The van der Waals surface area contributed by atoms with Crippen molar-refractivity contribution in [2.45, 2.75) is 19.1 Å². The molecule has 0 aromatic rings. The van der Waals surface area contributed by atoms with Crippen LogP contribution < -0.4 is 10.6 Å². The molecule has 2 rings (SSSR count). The lowest BCUT2D eigenvalue weighted by molar-refractivity contribution is -0.141. The Morgan fingerprint density at radius 1 is 0.854 bits per heavy atom. The van der Waals surface area contributed by atoms with Crippen molar-refractivity contribution in [1.29, 1.82) is 0 Å². The second-order valence-electron chi connectivity index (χ2n) is 7.13. The molecule has 0 aromatic heterocycles. The topological polar surface area (TPSA) is 170 Å². The van der Waals surface area contributed by atoms with E-state index in [2.05, 4.69) is 23.3 Å². The van der Waals surface area contributed by atoms with Crippen LogP contribution in [0.25, 0.3) is 0 Å². The van der Waals surface area contributed by atoms with Gasteiger partial charge in [0.15, 0.2) is 0 Å². The van der Waals surface area contributed by atoms with Gasteiger partial charge >= 0.3 is 0 Å². The minimum atomic E-state index is -0.435. The molecule has 41 heavy (non-hydrogen) atoms. The number of nitrogens with one attached hydrogen (secondary N) is 2. The van der Waals surface area contributed by atoms with Gasteiger partial charge in [0.2, 0.25) is 23.6 Å². The highest BCUT2D eigenvalue weighted by Gasteiger charge is 2.37. The zero-order valence-corrected chi connectivity index (χ0v) is 27.9. The number of hydrogen-bond donors (Lipinski definition) is 3. The van der Waals surface area contributed by atoms with E-state index in [0.717, 1.165) is 22.0 Å². The fourth-order valence-corrected chi connectivity index (χ4v) is 3.28. The number of nitrogens with zero attached hydrogens (tertiary/aromatic N) is 2. The van der Waals surface area contributed by atoms with Crippen LogP contribution in [-0.4, -0.2) is 130 Å². The number of carbonyl (C=O) groups is 6. The summed E-state index contributed by atoms with van der Waals surface area (Å²) in [5.41, 5.74) is 0. The Labute approximate surface area is 258 Å². The Morgan fingerprint density at radius 3 is 1.63 bits per heavy atom. The van der Waals surface area contributed by atoms with Gasteiger partial charge in [-0.25, -0.2) is 0 Å². The van der Waals surface area contributed by atoms with Crippen molar-refractivity contribution in [2.24, 2.45) is 0 Å². The number of rotatable bonds is 15. The van der Waals surface area contributed by atoms with E-state index < -0.39 is 17.7 Å². The summed E-state index contributed by atoms with van der Waals surface area (Å²) in [5, 5.41) is 4.55. The number of likely N-dealkylation sites (tertiary alicyclic amines) is 1. The molecule has 2 aliphatic heterocycles. The van der Waals surface area contributed by atoms with Crippen LogP contribution in [0.15, 0.2) is 12.2 Å². The number of thiol groups is 1. The summed E-state index contributed by atoms with van der Waals surface area (Å²) >= 11 is 4.87. The number of hydrogen-bond acceptors (Lipinski definition) is 12. The lowest BCUT2D eigenvalue weighted by Gasteiger charge is -2.15. The highest BCUT2D eigenvalue weighted by atomic mass is 32.2. The summed E-state index contributed by atoms with van der Waals surface area (Å²) in [4.78, 5) is 70.1. The molecule has 2 N–H and O–H groups in total. The summed E-state index contributed by atoms with van der Waals surface area (Å²) in [5.74, 6) is -2.15. The van der Waals surface area contributed by atoms with Crippen molar-refractivity contribution >= 4 is 79.6 Å². The molecular weight excluding hydrogens is 618 g/mol. The third-order valence-corrected chi connectivity index (χ3v) is 5.52. The van der Waals surface area contributed by atoms with Gasteiger partial charge < -0.3 is 29.6 Å². The van der Waals surface area contributed by atoms with Gasteiger partial charge in [-0.3, -0.25) is 38.6 Å². The van der Waals surface area contributed by atoms with Gasteiger partial charge in [-0.15, -0.1) is 0 Å². The normalized spacial score (nSPS) is 15.0. The quantitative estimate of drug-likeness (QED) is 0.0864. The van der Waals surface area contributed by atoms with Gasteiger partial charge in [-0.05, 0) is 12.5 Å². The monoisotopic (exact) mass is 664 g/mol. The molecule has 2 aliphatic rings. The first-order valence-corrected chi connectivity index (χ1v) is 13.4. The Morgan fingerprint density at radius 2 is 1.27 bits per heavy atom. The van der Waals surface area contributed by atoms with Crippen molar-refractivity contribution in [1.82, 2.24) is 20.4 Å². The maximum absolute atomic E-state index is 11.7. The summed E-state index contributed by atoms with van der Waals surface area (Å²) in [7, 11) is 3.07. The van der Waals surface area contributed by atoms with Gasteiger partial charge in [0, 0.05) is 32.8 Å². The number of amides is 6. The molecule has 3 atom stereocenters. The predicted molar refractivity (Wildman–Crippen MR) is 170 cm³/mol. The molecule has 0 bridgehead atoms. The average Bonchev–Trinajstić information content (AvgIpc) is 3.39. The molecule has 240 valence electrons. The second-order valence-corrected chi connectivity index (χ2v) is 8.17. The van der Waals surface area contributed by atoms with Crippen molar-refractivity contribution in [3.63, 3.8) is 0 Å². The smallest absolute Gasteiger partial charge is 0.255 e. The molecule has 14 nitrogen and oxygen atoms in total. The highest BCUT2D eigenvalue weighted by molar-refractivity contribution is 8.00. The average molecular weight is 665 g/mol. The van der Waals surface area contributed by atoms with Crippen LogP contribution >= 0.6 is 44.2 Å². The number of thioether (sulfide) groups is 1. The third-order valence-electron chi connectivity index (χ3n) is 4.59. The standard InChI is InChI=1S/C11H18N2O5S.C10H14N2O5.CH4S.CH4.2H3P/c1-17-3-4-18-6-9(14)12-7-13-10(15)5-8(19-2)11(13)16;1-16-4-5-17-6-8(13)11-7-12-9(14)2-3-10(12)15;1-2;;;/h8H,3-7H2,1-2H3,(H,12,14);2-3H,4-7H2,1H3,(H,11,13);2H,1H3;1H4;2*1H3. The van der Waals surface area contributed by atoms with Crippen LogP contribution in [-0.2, 0) is 47.7 Å². The van der Waals surface area contributed by atoms with Gasteiger partial charge in [-0.2, -0.15) is 44.2 Å². The molecule has 18 heteroatoms. The summed E-state index contributed by atoms with van der Waals surface area (Å²) in [6, 6.07) is 0. The van der Waals surface area contributed by atoms with E-state index in [1.807, 2.05) is 0 Å². The van der Waals surface area contributed by atoms with Gasteiger partial charge in [0.1, 0.15) is 26.6 Å². The first-order chi connectivity index (χ1) is 18.2. The fraction of sp³-hybridized carbons (Fsp3) is 0.652. The van der Waals surface area contributed by atoms with Crippen LogP contribution in [0.2, 0.25) is 0 Å². The van der Waals surface area contributed by atoms with Crippen molar-refractivity contribution in [3.8, 4) is 0 Å². The van der Waals surface area contributed by atoms with Crippen LogP contribution in [0.4, 0.5) is 0 Å². The number of carbonyl (C=O) groups excluding carboxylic acids is 6. The van der Waals surface area contributed by atoms with Gasteiger partial charge in [0.25, 0.3) is 11.8 Å². The van der Waals surface area contributed by atoms with Crippen LogP contribution in [0.3, 0.4) is 0 Å². The minimum Gasteiger partial charge on any atom is -0.382 e. The molecule has 2 heterocycles. The SMILES string of the molecule is C.COCCOCC(=O)NCN1C(=O)C=CC1=O.COCCOCC(=O)NCN1C(=O)CC(SC)C1=O.CS.P.P. The summed E-state index contributed by atoms with van der Waals surface area (Å²) in [6.07, 6.45) is 5.98. The molecule has 1 saturated heterocycles. The van der Waals surface area contributed by atoms with Crippen molar-refractivity contribution < 1.29 is 47.7 Å². The molecular formula is C23H46N4O10P2S2. The first-order valence-electron chi connectivity index (χ1n) is 11.3. The summed E-state index contributed by atoms with van der Waals surface area (Å²) in [6.45, 7) is 0.954. The van der Waals surface area contributed by atoms with E-state index in [0.29, 0.717) is 26.4 Å². The largest absolute Gasteiger partial charge is 0.382 e. The van der Waals surface area contributed by atoms with E-state index in [1.54, 1.807) is 12.5 Å². The maximum atomic E-state index is 11.7. The van der Waals surface area contributed by atoms with E-state index in [4.69, 9.17) is 18.9 Å². The molecule has 0 spiro atoms. The molecule has 0 aromatic carbocycles. The Kier molecular flexibility index (Phi) is 32.2. The van der Waals surface area contributed by atoms with Crippen LogP contribution in [0.5, 0.6) is 0 Å². The number of methoxy groups -OCH3 is 2. The lowest BCUT2D eigenvalue weighted by atomic mass is 10.4. The molecule has 1 fully saturated rings. The second kappa shape index (κ2) is 28.5. The zero-order valence-electron chi connectivity index (χ0n) is 23.3. The van der Waals surface area contributed by atoms with Crippen LogP contribution in [0, 0.1) is 0 Å². The highest BCUT2D eigenvalue weighted by Crippen LogP contribution is 2.22. The predicted octanol–water partition coefficient (Wildman–Crippen LogP) is -0.840. The first kappa shape index (κ1) is 46.3. The Hall–Kier alpha value is -1.64. The van der Waals surface area contributed by atoms with Crippen LogP contribution in [0.1, 0.15) is 13.8 Å². The molecule has 0 radical (unpaired) electrons. The number of imide groups is 2. The summed E-state index contributed by atoms with van der Waals surface area (Å²) < 4.78 is 19.5. The maximum Gasteiger partial charge on any atom is 0.255 e. The minimum absolute atomic E-state index is 0. The number of ether oxygens (including phenoxy) is 4. The molecule has 6 amide bonds.